The van der Waals surface area contributed by atoms with Gasteiger partial charge in [0.2, 0.25) is 0 Å². The van der Waals surface area contributed by atoms with Crippen molar-refractivity contribution in [3.05, 3.63) is 64.2 Å². The molecule has 0 atom stereocenters. The summed E-state index contributed by atoms with van der Waals surface area (Å²) in [4.78, 5) is 18.6. The lowest BCUT2D eigenvalue weighted by Gasteiger charge is -2.32. The van der Waals surface area contributed by atoms with E-state index < -0.39 is 0 Å². The van der Waals surface area contributed by atoms with Gasteiger partial charge in [-0.15, -0.1) is 0 Å². The van der Waals surface area contributed by atoms with E-state index in [1.54, 1.807) is 18.2 Å². The maximum absolute atomic E-state index is 13.9. The molecule has 1 N–H and O–H groups in total. The van der Waals surface area contributed by atoms with Crippen LogP contribution in [-0.4, -0.2) is 35.4 Å². The van der Waals surface area contributed by atoms with E-state index in [9.17, 15) is 9.18 Å². The van der Waals surface area contributed by atoms with Gasteiger partial charge in [0, 0.05) is 29.4 Å². The van der Waals surface area contributed by atoms with Crippen LogP contribution in [0.25, 0.3) is 0 Å². The van der Waals surface area contributed by atoms with Crippen LogP contribution in [0.15, 0.2) is 36.4 Å². The van der Waals surface area contributed by atoms with Crippen molar-refractivity contribution in [2.45, 2.75) is 26.3 Å². The third kappa shape index (κ3) is 4.80. The lowest BCUT2D eigenvalue weighted by Crippen LogP contribution is -2.38. The topological polar surface area (TPSA) is 45.2 Å². The van der Waals surface area contributed by atoms with Gasteiger partial charge in [0.25, 0.3) is 5.91 Å². The number of nitrogens with zero attached hydrogens (tertiary/aromatic N) is 2. The number of amides is 1. The Morgan fingerprint density at radius 2 is 2.00 bits per heavy atom. The number of aromatic nitrogens is 1. The minimum atomic E-state index is -0.252. The van der Waals surface area contributed by atoms with Gasteiger partial charge < -0.3 is 5.32 Å². The molecule has 6 heteroatoms. The number of piperidine rings is 1. The molecule has 1 amide bonds. The molecule has 1 fully saturated rings. The number of rotatable bonds is 5. The summed E-state index contributed by atoms with van der Waals surface area (Å²) in [6.45, 7) is 4.77. The van der Waals surface area contributed by atoms with Crippen LogP contribution in [0.2, 0.25) is 5.02 Å². The van der Waals surface area contributed by atoms with Crippen molar-refractivity contribution < 1.29 is 9.18 Å². The second-order valence-corrected chi connectivity index (χ2v) is 7.20. The minimum absolute atomic E-state index is 0.130. The first kappa shape index (κ1) is 18.8. The predicted octanol–water partition coefficient (Wildman–Crippen LogP) is 3.82. The molecule has 2 aromatic rings. The Bertz CT molecular complexity index is 755. The zero-order chi connectivity index (χ0) is 18.5. The molecule has 2 heterocycles. The molecular weight excluding hydrogens is 353 g/mol. The van der Waals surface area contributed by atoms with Crippen molar-refractivity contribution in [1.29, 1.82) is 0 Å². The van der Waals surface area contributed by atoms with Gasteiger partial charge in [-0.25, -0.2) is 9.37 Å². The average molecular weight is 376 g/mol. The Morgan fingerprint density at radius 1 is 1.27 bits per heavy atom. The normalized spacial score (nSPS) is 15.8. The first-order valence-electron chi connectivity index (χ1n) is 8.90. The SMILES string of the molecule is Cc1cccc(C(=O)NCC2CCN(Cc3c(F)cccc3Cl)CC2)n1. The van der Waals surface area contributed by atoms with Crippen LogP contribution in [0.5, 0.6) is 0 Å². The minimum Gasteiger partial charge on any atom is -0.350 e. The zero-order valence-corrected chi connectivity index (χ0v) is 15.6. The Hall–Kier alpha value is -1.98. The highest BCUT2D eigenvalue weighted by molar-refractivity contribution is 6.31. The maximum Gasteiger partial charge on any atom is 0.269 e. The summed E-state index contributed by atoms with van der Waals surface area (Å²) < 4.78 is 13.9. The van der Waals surface area contributed by atoms with Gasteiger partial charge in [0.05, 0.1) is 0 Å². The zero-order valence-electron chi connectivity index (χ0n) is 14.8. The fraction of sp³-hybridized carbons (Fsp3) is 0.400. The highest BCUT2D eigenvalue weighted by Crippen LogP contribution is 2.24. The molecule has 0 spiro atoms. The Kier molecular flexibility index (Phi) is 6.22. The van der Waals surface area contributed by atoms with Gasteiger partial charge in [-0.3, -0.25) is 9.69 Å². The molecule has 0 radical (unpaired) electrons. The predicted molar refractivity (Wildman–Crippen MR) is 101 cm³/mol. The fourth-order valence-electron chi connectivity index (χ4n) is 3.25. The lowest BCUT2D eigenvalue weighted by atomic mass is 9.96. The molecule has 3 rings (SSSR count). The molecule has 1 saturated heterocycles. The number of carbonyl (C=O) groups is 1. The molecule has 0 aliphatic carbocycles. The second kappa shape index (κ2) is 8.60. The number of benzene rings is 1. The molecule has 4 nitrogen and oxygen atoms in total. The number of hydrogen-bond acceptors (Lipinski definition) is 3. The third-order valence-electron chi connectivity index (χ3n) is 4.82. The lowest BCUT2D eigenvalue weighted by molar-refractivity contribution is 0.0930. The van der Waals surface area contributed by atoms with Crippen LogP contribution in [0.4, 0.5) is 4.39 Å². The standard InChI is InChI=1S/C20H23ClFN3O/c1-14-4-2-7-19(24-14)20(26)23-12-15-8-10-25(11-9-15)13-16-17(21)5-3-6-18(16)22/h2-7,15H,8-13H2,1H3,(H,23,26). The van der Waals surface area contributed by atoms with Crippen LogP contribution in [0.3, 0.4) is 0 Å². The van der Waals surface area contributed by atoms with Gasteiger partial charge in [-0.05, 0) is 63.0 Å². The van der Waals surface area contributed by atoms with Crippen molar-refractivity contribution in [3.8, 4) is 0 Å². The molecule has 0 bridgehead atoms. The number of carbonyl (C=O) groups excluding carboxylic acids is 1. The number of halogens is 2. The summed E-state index contributed by atoms with van der Waals surface area (Å²) in [5.74, 6) is 0.0444. The summed E-state index contributed by atoms with van der Waals surface area (Å²) in [7, 11) is 0. The molecule has 0 unspecified atom stereocenters. The van der Waals surface area contributed by atoms with Crippen molar-refractivity contribution in [1.82, 2.24) is 15.2 Å². The van der Waals surface area contributed by atoms with E-state index in [0.29, 0.717) is 35.3 Å². The molecular formula is C20H23ClFN3O. The largest absolute Gasteiger partial charge is 0.350 e. The Balaban J connectivity index is 1.46. The Labute approximate surface area is 158 Å². The summed E-state index contributed by atoms with van der Waals surface area (Å²) in [5.41, 5.74) is 1.85. The van der Waals surface area contributed by atoms with Gasteiger partial charge in [0.1, 0.15) is 11.5 Å². The van der Waals surface area contributed by atoms with E-state index in [0.717, 1.165) is 31.6 Å². The monoisotopic (exact) mass is 375 g/mol. The number of pyridine rings is 1. The first-order valence-corrected chi connectivity index (χ1v) is 9.28. The van der Waals surface area contributed by atoms with Crippen LogP contribution >= 0.6 is 11.6 Å². The number of aryl methyl sites for hydroxylation is 1. The number of hydrogen-bond donors (Lipinski definition) is 1. The summed E-state index contributed by atoms with van der Waals surface area (Å²) >= 11 is 6.11. The van der Waals surface area contributed by atoms with Crippen molar-refractivity contribution in [3.63, 3.8) is 0 Å². The fourth-order valence-corrected chi connectivity index (χ4v) is 3.48. The molecule has 26 heavy (non-hydrogen) atoms. The van der Waals surface area contributed by atoms with Crippen molar-refractivity contribution in [2.24, 2.45) is 5.92 Å². The second-order valence-electron chi connectivity index (χ2n) is 6.79. The van der Waals surface area contributed by atoms with E-state index in [1.807, 2.05) is 19.1 Å². The summed E-state index contributed by atoms with van der Waals surface area (Å²) in [6, 6.07) is 10.2. The Morgan fingerprint density at radius 3 is 2.69 bits per heavy atom. The summed E-state index contributed by atoms with van der Waals surface area (Å²) in [5, 5.41) is 3.45. The van der Waals surface area contributed by atoms with E-state index in [-0.39, 0.29) is 11.7 Å². The molecule has 1 aliphatic rings. The third-order valence-corrected chi connectivity index (χ3v) is 5.18. The average Bonchev–Trinajstić information content (AvgIpc) is 2.64. The van der Waals surface area contributed by atoms with E-state index in [2.05, 4.69) is 15.2 Å². The highest BCUT2D eigenvalue weighted by atomic mass is 35.5. The van der Waals surface area contributed by atoms with Crippen molar-refractivity contribution in [2.75, 3.05) is 19.6 Å². The smallest absolute Gasteiger partial charge is 0.269 e. The van der Waals surface area contributed by atoms with Crippen LogP contribution in [0.1, 0.15) is 34.6 Å². The number of likely N-dealkylation sites (tertiary alicyclic amines) is 1. The highest BCUT2D eigenvalue weighted by Gasteiger charge is 2.21. The molecule has 0 saturated carbocycles. The number of nitrogens with one attached hydrogen (secondary N) is 1. The van der Waals surface area contributed by atoms with E-state index in [4.69, 9.17) is 11.6 Å². The van der Waals surface area contributed by atoms with Crippen LogP contribution in [0, 0.1) is 18.7 Å². The van der Waals surface area contributed by atoms with Gasteiger partial charge >= 0.3 is 0 Å². The van der Waals surface area contributed by atoms with Gasteiger partial charge in [0.15, 0.2) is 0 Å². The molecule has 1 aromatic heterocycles. The summed E-state index contributed by atoms with van der Waals surface area (Å²) in [6.07, 6.45) is 1.93. The van der Waals surface area contributed by atoms with Gasteiger partial charge in [-0.1, -0.05) is 23.7 Å². The van der Waals surface area contributed by atoms with Gasteiger partial charge in [-0.2, -0.15) is 0 Å². The quantitative estimate of drug-likeness (QED) is 0.864. The molecule has 1 aliphatic heterocycles. The van der Waals surface area contributed by atoms with Crippen LogP contribution in [-0.2, 0) is 6.54 Å². The molecule has 138 valence electrons. The molecule has 1 aromatic carbocycles. The maximum atomic E-state index is 13.9. The van der Waals surface area contributed by atoms with Crippen LogP contribution < -0.4 is 5.32 Å². The van der Waals surface area contributed by atoms with Crippen molar-refractivity contribution >= 4 is 17.5 Å². The van der Waals surface area contributed by atoms with E-state index >= 15 is 0 Å². The van der Waals surface area contributed by atoms with E-state index in [1.165, 1.54) is 6.07 Å². The first-order chi connectivity index (χ1) is 12.5.